The van der Waals surface area contributed by atoms with Crippen LogP contribution in [0.15, 0.2) is 24.3 Å². The lowest BCUT2D eigenvalue weighted by molar-refractivity contribution is -0.963. The third-order valence-electron chi connectivity index (χ3n) is 5.60. The van der Waals surface area contributed by atoms with Crippen molar-refractivity contribution in [1.29, 1.82) is 0 Å². The largest absolute Gasteiger partial charge is 0.497 e. The molecule has 0 aromatic heterocycles. The van der Waals surface area contributed by atoms with Crippen molar-refractivity contribution in [2.75, 3.05) is 33.3 Å². The zero-order valence-electron chi connectivity index (χ0n) is 14.1. The van der Waals surface area contributed by atoms with Crippen LogP contribution in [0.1, 0.15) is 44.1 Å². The van der Waals surface area contributed by atoms with E-state index in [2.05, 4.69) is 18.2 Å². The maximum atomic E-state index is 5.34. The van der Waals surface area contributed by atoms with Crippen molar-refractivity contribution in [2.24, 2.45) is 0 Å². The molecule has 3 heteroatoms. The molecule has 2 N–H and O–H groups in total. The molecule has 122 valence electrons. The second kappa shape index (κ2) is 7.98. The van der Waals surface area contributed by atoms with Gasteiger partial charge in [0.2, 0.25) is 0 Å². The number of likely N-dealkylation sites (tertiary alicyclic amines) is 2. The van der Waals surface area contributed by atoms with Crippen molar-refractivity contribution in [3.63, 3.8) is 0 Å². The van der Waals surface area contributed by atoms with Crippen LogP contribution in [0, 0.1) is 0 Å². The van der Waals surface area contributed by atoms with E-state index in [0.717, 1.165) is 18.3 Å². The summed E-state index contributed by atoms with van der Waals surface area (Å²) in [4.78, 5) is 3.66. The fraction of sp³-hybridized carbons (Fsp3) is 0.684. The molecule has 0 amide bonds. The molecule has 1 aromatic rings. The molecule has 2 aliphatic rings. The Bertz CT molecular complexity index is 447. The zero-order chi connectivity index (χ0) is 15.2. The minimum absolute atomic E-state index is 0.937. The Morgan fingerprint density at radius 1 is 1.00 bits per heavy atom. The first-order valence-corrected chi connectivity index (χ1v) is 9.16. The average molecular weight is 304 g/mol. The lowest BCUT2D eigenvalue weighted by Gasteiger charge is -2.34. The van der Waals surface area contributed by atoms with Crippen LogP contribution in [0.3, 0.4) is 0 Å². The maximum absolute atomic E-state index is 5.34. The van der Waals surface area contributed by atoms with Crippen LogP contribution in [0.25, 0.3) is 0 Å². The third-order valence-corrected chi connectivity index (χ3v) is 5.60. The van der Waals surface area contributed by atoms with E-state index in [-0.39, 0.29) is 0 Å². The van der Waals surface area contributed by atoms with E-state index in [0.29, 0.717) is 0 Å². The van der Waals surface area contributed by atoms with E-state index < -0.39 is 0 Å². The highest BCUT2D eigenvalue weighted by atomic mass is 16.5. The Labute approximate surface area is 135 Å². The standard InChI is InChI=1S/C19H30N2O/c1-22-19-8-6-7-17(15-19)16-20-13-9-18(10-14-20)21-11-4-2-3-5-12-21/h6-8,15,18H,2-5,9-14,16H2,1H3/p+2. The Morgan fingerprint density at radius 2 is 1.73 bits per heavy atom. The molecule has 1 aromatic carbocycles. The second-order valence-corrected chi connectivity index (χ2v) is 7.13. The lowest BCUT2D eigenvalue weighted by Crippen LogP contribution is -3.20. The predicted octanol–water partition coefficient (Wildman–Crippen LogP) is 0.701. The van der Waals surface area contributed by atoms with Crippen LogP contribution in [-0.2, 0) is 6.54 Å². The van der Waals surface area contributed by atoms with Gasteiger partial charge in [-0.25, -0.2) is 0 Å². The second-order valence-electron chi connectivity index (χ2n) is 7.13. The van der Waals surface area contributed by atoms with E-state index in [1.54, 1.807) is 12.0 Å². The van der Waals surface area contributed by atoms with E-state index in [4.69, 9.17) is 4.74 Å². The summed E-state index contributed by atoms with van der Waals surface area (Å²) < 4.78 is 5.34. The molecular formula is C19H32N2O+2. The van der Waals surface area contributed by atoms with E-state index >= 15 is 0 Å². The summed E-state index contributed by atoms with van der Waals surface area (Å²) in [5.41, 5.74) is 1.41. The normalized spacial score (nSPS) is 27.3. The molecule has 0 radical (unpaired) electrons. The predicted molar refractivity (Wildman–Crippen MR) is 89.6 cm³/mol. The van der Waals surface area contributed by atoms with Gasteiger partial charge in [-0.2, -0.15) is 0 Å². The van der Waals surface area contributed by atoms with E-state index in [9.17, 15) is 0 Å². The van der Waals surface area contributed by atoms with Crippen molar-refractivity contribution in [3.8, 4) is 5.75 Å². The highest BCUT2D eigenvalue weighted by Crippen LogP contribution is 2.12. The monoisotopic (exact) mass is 304 g/mol. The number of rotatable bonds is 4. The summed E-state index contributed by atoms with van der Waals surface area (Å²) in [6.45, 7) is 6.68. The Balaban J connectivity index is 1.48. The third kappa shape index (κ3) is 4.23. The lowest BCUT2D eigenvalue weighted by atomic mass is 10.0. The molecule has 0 bridgehead atoms. The summed E-state index contributed by atoms with van der Waals surface area (Å²) in [7, 11) is 1.75. The van der Waals surface area contributed by atoms with Gasteiger partial charge in [0.25, 0.3) is 0 Å². The van der Waals surface area contributed by atoms with Crippen molar-refractivity contribution in [2.45, 2.75) is 51.1 Å². The molecule has 0 unspecified atom stereocenters. The van der Waals surface area contributed by atoms with Gasteiger partial charge in [-0.1, -0.05) is 12.1 Å². The molecular weight excluding hydrogens is 272 g/mol. The van der Waals surface area contributed by atoms with Gasteiger partial charge in [0.1, 0.15) is 12.3 Å². The first kappa shape index (κ1) is 15.8. The molecule has 2 heterocycles. The molecule has 0 atom stereocenters. The Hall–Kier alpha value is -1.06. The highest BCUT2D eigenvalue weighted by molar-refractivity contribution is 5.27. The maximum Gasteiger partial charge on any atom is 0.119 e. The van der Waals surface area contributed by atoms with Gasteiger partial charge in [0, 0.05) is 18.4 Å². The van der Waals surface area contributed by atoms with Crippen LogP contribution in [-0.4, -0.2) is 39.3 Å². The fourth-order valence-electron chi connectivity index (χ4n) is 4.27. The van der Waals surface area contributed by atoms with Crippen LogP contribution in [0.4, 0.5) is 0 Å². The van der Waals surface area contributed by atoms with E-state index in [1.807, 2.05) is 11.0 Å². The molecule has 2 fully saturated rings. The molecule has 2 aliphatic heterocycles. The van der Waals surface area contributed by atoms with Crippen molar-refractivity contribution in [3.05, 3.63) is 29.8 Å². The number of nitrogens with one attached hydrogen (secondary N) is 2. The van der Waals surface area contributed by atoms with Crippen LogP contribution in [0.5, 0.6) is 5.75 Å². The topological polar surface area (TPSA) is 18.1 Å². The number of benzene rings is 1. The van der Waals surface area contributed by atoms with Gasteiger partial charge < -0.3 is 14.5 Å². The van der Waals surface area contributed by atoms with Crippen molar-refractivity contribution >= 4 is 0 Å². The van der Waals surface area contributed by atoms with Gasteiger partial charge in [0.15, 0.2) is 0 Å². The summed E-state index contributed by atoms with van der Waals surface area (Å²) in [5, 5.41) is 0. The number of ether oxygens (including phenoxy) is 1. The number of piperidine rings is 1. The number of hydrogen-bond donors (Lipinski definition) is 2. The summed E-state index contributed by atoms with van der Waals surface area (Å²) in [5.74, 6) is 0.987. The van der Waals surface area contributed by atoms with Crippen LogP contribution < -0.4 is 14.5 Å². The summed E-state index contributed by atoms with van der Waals surface area (Å²) in [6, 6.07) is 9.52. The molecule has 3 nitrogen and oxygen atoms in total. The number of methoxy groups -OCH3 is 1. The molecule has 2 saturated heterocycles. The first-order valence-electron chi connectivity index (χ1n) is 9.16. The Kier molecular flexibility index (Phi) is 5.74. The summed E-state index contributed by atoms with van der Waals surface area (Å²) in [6.07, 6.45) is 8.65. The molecule has 22 heavy (non-hydrogen) atoms. The van der Waals surface area contributed by atoms with Crippen LogP contribution in [0.2, 0.25) is 0 Å². The van der Waals surface area contributed by atoms with Gasteiger partial charge in [-0.05, 0) is 37.8 Å². The van der Waals surface area contributed by atoms with Gasteiger partial charge >= 0.3 is 0 Å². The first-order chi connectivity index (χ1) is 10.8. The quantitative estimate of drug-likeness (QED) is 0.838. The molecule has 0 saturated carbocycles. The van der Waals surface area contributed by atoms with Gasteiger partial charge in [0.05, 0.1) is 39.3 Å². The number of hydrogen-bond acceptors (Lipinski definition) is 1. The minimum atomic E-state index is 0.937. The smallest absolute Gasteiger partial charge is 0.119 e. The minimum Gasteiger partial charge on any atom is -0.497 e. The van der Waals surface area contributed by atoms with Crippen molar-refractivity contribution < 1.29 is 14.5 Å². The van der Waals surface area contributed by atoms with Crippen LogP contribution >= 0.6 is 0 Å². The number of quaternary nitrogens is 2. The Morgan fingerprint density at radius 3 is 2.41 bits per heavy atom. The molecule has 3 rings (SSSR count). The SMILES string of the molecule is COc1cccc(C[NH+]2CCC([NH+]3CCCCCC3)CC2)c1. The fourth-order valence-corrected chi connectivity index (χ4v) is 4.27. The molecule has 0 aliphatic carbocycles. The average Bonchev–Trinajstić information content (AvgIpc) is 2.85. The summed E-state index contributed by atoms with van der Waals surface area (Å²) >= 11 is 0. The highest BCUT2D eigenvalue weighted by Gasteiger charge is 2.30. The van der Waals surface area contributed by atoms with E-state index in [1.165, 1.54) is 70.3 Å². The molecule has 0 spiro atoms. The zero-order valence-corrected chi connectivity index (χ0v) is 14.1. The van der Waals surface area contributed by atoms with Gasteiger partial charge in [-0.3, -0.25) is 0 Å². The van der Waals surface area contributed by atoms with Gasteiger partial charge in [-0.15, -0.1) is 0 Å². The van der Waals surface area contributed by atoms with Crippen molar-refractivity contribution in [1.82, 2.24) is 0 Å².